The average molecular weight is 789 g/mol. The van der Waals surface area contributed by atoms with E-state index >= 15 is 0 Å². The van der Waals surface area contributed by atoms with Crippen LogP contribution in [0.3, 0.4) is 0 Å². The monoisotopic (exact) mass is 788 g/mol. The van der Waals surface area contributed by atoms with E-state index < -0.39 is 0 Å². The topological polar surface area (TPSA) is 8.17 Å². The maximum absolute atomic E-state index is 2.40. The molecule has 2 heteroatoms. The Labute approximate surface area is 360 Å². The second kappa shape index (κ2) is 14.8. The lowest BCUT2D eigenvalue weighted by molar-refractivity contribution is 1.18. The maximum Gasteiger partial charge on any atom is 0.0547 e. The van der Waals surface area contributed by atoms with E-state index in [9.17, 15) is 0 Å². The zero-order valence-corrected chi connectivity index (χ0v) is 34.0. The molecule has 1 heterocycles. The molecule has 0 aliphatic heterocycles. The van der Waals surface area contributed by atoms with Crippen molar-refractivity contribution in [3.63, 3.8) is 0 Å². The third-order valence-corrected chi connectivity index (χ3v) is 12.5. The van der Waals surface area contributed by atoms with Gasteiger partial charge in [-0.15, -0.1) is 0 Å². The van der Waals surface area contributed by atoms with E-state index in [4.69, 9.17) is 0 Å². The Morgan fingerprint density at radius 1 is 0.274 bits per heavy atom. The van der Waals surface area contributed by atoms with Crippen LogP contribution < -0.4 is 4.90 Å². The van der Waals surface area contributed by atoms with Gasteiger partial charge >= 0.3 is 0 Å². The number of rotatable bonds is 7. The predicted octanol–water partition coefficient (Wildman–Crippen LogP) is 16.7. The Bertz CT molecular complexity index is 3640. The van der Waals surface area contributed by atoms with Crippen LogP contribution >= 0.6 is 0 Å². The van der Waals surface area contributed by atoms with E-state index in [2.05, 4.69) is 252 Å². The number of hydrogen-bond acceptors (Lipinski definition) is 1. The van der Waals surface area contributed by atoms with Crippen molar-refractivity contribution in [1.82, 2.24) is 4.57 Å². The van der Waals surface area contributed by atoms with Gasteiger partial charge in [0.1, 0.15) is 0 Å². The van der Waals surface area contributed by atoms with Crippen molar-refractivity contribution < 1.29 is 0 Å². The zero-order valence-electron chi connectivity index (χ0n) is 34.0. The van der Waals surface area contributed by atoms with Crippen LogP contribution in [-0.2, 0) is 0 Å². The molecule has 0 N–H and O–H groups in total. The van der Waals surface area contributed by atoms with Crippen LogP contribution in [0.2, 0.25) is 0 Å². The molecule has 0 spiro atoms. The van der Waals surface area contributed by atoms with Crippen LogP contribution in [0, 0.1) is 0 Å². The highest BCUT2D eigenvalue weighted by Crippen LogP contribution is 2.43. The molecule has 2 nitrogen and oxygen atoms in total. The summed E-state index contributed by atoms with van der Waals surface area (Å²) < 4.78 is 2.39. The third-order valence-electron chi connectivity index (χ3n) is 12.5. The van der Waals surface area contributed by atoms with Gasteiger partial charge in [0.15, 0.2) is 0 Å². The second-order valence-corrected chi connectivity index (χ2v) is 16.1. The van der Waals surface area contributed by atoms with Gasteiger partial charge in [0.25, 0.3) is 0 Å². The van der Waals surface area contributed by atoms with Crippen molar-refractivity contribution in [2.45, 2.75) is 0 Å². The van der Waals surface area contributed by atoms with E-state index in [0.717, 1.165) is 22.7 Å². The zero-order chi connectivity index (χ0) is 41.0. The Morgan fingerprint density at radius 2 is 0.855 bits per heavy atom. The summed E-state index contributed by atoms with van der Waals surface area (Å²) in [5.74, 6) is 0. The quantitative estimate of drug-likeness (QED) is 0.146. The first-order valence-corrected chi connectivity index (χ1v) is 21.3. The number of fused-ring (bicyclic) bond motifs is 7. The van der Waals surface area contributed by atoms with Gasteiger partial charge in [-0.25, -0.2) is 0 Å². The standard InChI is InChI=1S/C60H40N2/c1-2-19-48(20-3-1)62-58-28-9-8-24-57(58)60-54(26-13-29-59(60)62)43-32-35-49(36-33-43)61(50-21-10-17-45(39-50)46-31-30-41-14-4-5-16-44(41)38-46)51-22-11-18-47(40-51)53-25-12-27-55-52-23-7-6-15-42(52)34-37-56(53)55/h1-40H. The number of nitrogens with zero attached hydrogens (tertiary/aromatic N) is 2. The molecule has 0 unspecified atom stereocenters. The Balaban J connectivity index is 1.01. The maximum atomic E-state index is 2.40. The summed E-state index contributed by atoms with van der Waals surface area (Å²) in [5.41, 5.74) is 14.0. The normalized spacial score (nSPS) is 11.5. The van der Waals surface area contributed by atoms with Crippen LogP contribution in [0.4, 0.5) is 17.1 Å². The van der Waals surface area contributed by atoms with E-state index in [1.807, 2.05) is 0 Å². The van der Waals surface area contributed by atoms with Crippen molar-refractivity contribution in [2.24, 2.45) is 0 Å². The molecule has 0 radical (unpaired) electrons. The lowest BCUT2D eigenvalue weighted by Gasteiger charge is -2.27. The summed E-state index contributed by atoms with van der Waals surface area (Å²) in [6, 6.07) is 88.5. The first-order chi connectivity index (χ1) is 30.7. The second-order valence-electron chi connectivity index (χ2n) is 16.1. The molecular weight excluding hydrogens is 749 g/mol. The summed E-state index contributed by atoms with van der Waals surface area (Å²) in [6.45, 7) is 0. The van der Waals surface area contributed by atoms with Gasteiger partial charge in [-0.05, 0) is 132 Å². The molecule has 12 rings (SSSR count). The summed E-state index contributed by atoms with van der Waals surface area (Å²) in [4.78, 5) is 2.40. The van der Waals surface area contributed by atoms with Gasteiger partial charge < -0.3 is 9.47 Å². The molecule has 0 aliphatic rings. The van der Waals surface area contributed by atoms with Crippen LogP contribution in [0.25, 0.3) is 93.2 Å². The van der Waals surface area contributed by atoms with Crippen LogP contribution in [-0.4, -0.2) is 4.57 Å². The molecule has 1 aromatic heterocycles. The predicted molar refractivity (Wildman–Crippen MR) is 264 cm³/mol. The fourth-order valence-electron chi connectivity index (χ4n) is 9.65. The minimum Gasteiger partial charge on any atom is -0.310 e. The van der Waals surface area contributed by atoms with Crippen molar-refractivity contribution in [3.05, 3.63) is 243 Å². The molecule has 0 aliphatic carbocycles. The highest BCUT2D eigenvalue weighted by atomic mass is 15.1. The Morgan fingerprint density at radius 3 is 1.69 bits per heavy atom. The fourth-order valence-corrected chi connectivity index (χ4v) is 9.65. The van der Waals surface area contributed by atoms with Gasteiger partial charge in [0, 0.05) is 33.5 Å². The van der Waals surface area contributed by atoms with Crippen molar-refractivity contribution in [3.8, 4) is 39.1 Å². The summed E-state index contributed by atoms with van der Waals surface area (Å²) in [7, 11) is 0. The molecule has 62 heavy (non-hydrogen) atoms. The molecular formula is C60H40N2. The summed E-state index contributed by atoms with van der Waals surface area (Å²) in [5, 5.41) is 10.0. The molecule has 11 aromatic carbocycles. The van der Waals surface area contributed by atoms with Gasteiger partial charge in [-0.3, -0.25) is 0 Å². The van der Waals surface area contributed by atoms with Crippen LogP contribution in [0.1, 0.15) is 0 Å². The molecule has 0 saturated heterocycles. The van der Waals surface area contributed by atoms with E-state index in [0.29, 0.717) is 0 Å². The number of benzene rings is 11. The van der Waals surface area contributed by atoms with E-state index in [1.165, 1.54) is 87.5 Å². The van der Waals surface area contributed by atoms with Gasteiger partial charge in [-0.2, -0.15) is 0 Å². The first kappa shape index (κ1) is 35.7. The highest BCUT2D eigenvalue weighted by Gasteiger charge is 2.19. The number of hydrogen-bond donors (Lipinski definition) is 0. The highest BCUT2D eigenvalue weighted by molar-refractivity contribution is 6.16. The minimum absolute atomic E-state index is 1.09. The van der Waals surface area contributed by atoms with Crippen molar-refractivity contribution >= 4 is 71.2 Å². The Hall–Kier alpha value is -8.20. The number of para-hydroxylation sites is 2. The third kappa shape index (κ3) is 6.04. The molecule has 12 aromatic rings. The molecule has 0 atom stereocenters. The van der Waals surface area contributed by atoms with Crippen LogP contribution in [0.5, 0.6) is 0 Å². The number of anilines is 3. The lowest BCUT2D eigenvalue weighted by atomic mass is 9.94. The van der Waals surface area contributed by atoms with E-state index in [1.54, 1.807) is 0 Å². The molecule has 0 fully saturated rings. The van der Waals surface area contributed by atoms with Gasteiger partial charge in [0.2, 0.25) is 0 Å². The van der Waals surface area contributed by atoms with Gasteiger partial charge in [0.05, 0.1) is 11.0 Å². The largest absolute Gasteiger partial charge is 0.310 e. The van der Waals surface area contributed by atoms with Crippen molar-refractivity contribution in [1.29, 1.82) is 0 Å². The molecule has 0 amide bonds. The summed E-state index contributed by atoms with van der Waals surface area (Å²) >= 11 is 0. The first-order valence-electron chi connectivity index (χ1n) is 21.3. The SMILES string of the molecule is c1ccc(-n2c3ccccc3c3c(-c4ccc(N(c5cccc(-c6ccc7ccccc7c6)c5)c5cccc(-c6cccc7c6ccc6ccccc67)c5)cc4)cccc32)cc1. The van der Waals surface area contributed by atoms with Crippen LogP contribution in [0.15, 0.2) is 243 Å². The fraction of sp³-hybridized carbons (Fsp3) is 0. The summed E-state index contributed by atoms with van der Waals surface area (Å²) in [6.07, 6.45) is 0. The molecule has 0 saturated carbocycles. The lowest BCUT2D eigenvalue weighted by Crippen LogP contribution is -2.10. The van der Waals surface area contributed by atoms with E-state index in [-0.39, 0.29) is 0 Å². The van der Waals surface area contributed by atoms with Crippen molar-refractivity contribution in [2.75, 3.05) is 4.90 Å². The minimum atomic E-state index is 1.09. The molecule has 290 valence electrons. The van der Waals surface area contributed by atoms with Gasteiger partial charge in [-0.1, -0.05) is 176 Å². The smallest absolute Gasteiger partial charge is 0.0547 e. The average Bonchev–Trinajstić information content (AvgIpc) is 3.69. The number of aromatic nitrogens is 1. The Kier molecular flexibility index (Phi) is 8.53. The molecule has 0 bridgehead atoms.